The molecule has 5 heteroatoms. The lowest BCUT2D eigenvalue weighted by atomic mass is 9.78. The van der Waals surface area contributed by atoms with E-state index in [-0.39, 0.29) is 12.3 Å². The van der Waals surface area contributed by atoms with Crippen molar-refractivity contribution in [3.8, 4) is 0 Å². The zero-order valence-electron chi connectivity index (χ0n) is 12.1. The van der Waals surface area contributed by atoms with E-state index in [1.807, 2.05) is 24.3 Å². The van der Waals surface area contributed by atoms with Crippen LogP contribution in [0.3, 0.4) is 0 Å². The molecule has 1 saturated heterocycles. The molecule has 0 saturated carbocycles. The monoisotopic (exact) mass is 310 g/mol. The van der Waals surface area contributed by atoms with Gasteiger partial charge < -0.3 is 16.2 Å². The minimum atomic E-state index is -0.701. The first-order valence-electron chi connectivity index (χ1n) is 7.49. The summed E-state index contributed by atoms with van der Waals surface area (Å²) in [5.41, 5.74) is 6.30. The lowest BCUT2D eigenvalue weighted by Crippen LogP contribution is -2.35. The van der Waals surface area contributed by atoms with E-state index in [4.69, 9.17) is 17.3 Å². The molecule has 1 aromatic carbocycles. The summed E-state index contributed by atoms with van der Waals surface area (Å²) < 4.78 is 0. The van der Waals surface area contributed by atoms with E-state index in [1.165, 1.54) is 0 Å². The van der Waals surface area contributed by atoms with Gasteiger partial charge in [0.25, 0.3) is 0 Å². The van der Waals surface area contributed by atoms with Crippen LogP contribution in [0.1, 0.15) is 37.2 Å². The molecule has 2 rings (SSSR count). The number of hydrogen-bond acceptors (Lipinski definition) is 3. The number of hydrogen-bond donors (Lipinski definition) is 3. The summed E-state index contributed by atoms with van der Waals surface area (Å²) in [7, 11) is 0. The maximum Gasteiger partial charge on any atom is 0.220 e. The van der Waals surface area contributed by atoms with Gasteiger partial charge in [0, 0.05) is 5.02 Å². The highest BCUT2D eigenvalue weighted by molar-refractivity contribution is 6.30. The summed E-state index contributed by atoms with van der Waals surface area (Å²) in [4.78, 5) is 11.0. The molecule has 0 aliphatic carbocycles. The van der Waals surface area contributed by atoms with Gasteiger partial charge in [-0.25, -0.2) is 0 Å². The van der Waals surface area contributed by atoms with Crippen LogP contribution >= 0.6 is 11.6 Å². The van der Waals surface area contributed by atoms with E-state index >= 15 is 0 Å². The van der Waals surface area contributed by atoms with E-state index in [0.29, 0.717) is 17.4 Å². The second-order valence-corrected chi connectivity index (χ2v) is 6.26. The average molecular weight is 311 g/mol. The summed E-state index contributed by atoms with van der Waals surface area (Å²) in [5.74, 6) is 0.166. The van der Waals surface area contributed by atoms with Crippen LogP contribution in [-0.2, 0) is 4.79 Å². The fourth-order valence-corrected chi connectivity index (χ4v) is 3.37. The zero-order chi connectivity index (χ0) is 15.2. The smallest absolute Gasteiger partial charge is 0.220 e. The molecule has 0 spiro atoms. The number of rotatable bonds is 6. The van der Waals surface area contributed by atoms with E-state index in [9.17, 15) is 9.90 Å². The second kappa shape index (κ2) is 7.78. The average Bonchev–Trinajstić information content (AvgIpc) is 2.45. The van der Waals surface area contributed by atoms with Gasteiger partial charge in [-0.15, -0.1) is 0 Å². The van der Waals surface area contributed by atoms with Gasteiger partial charge in [-0.2, -0.15) is 0 Å². The van der Waals surface area contributed by atoms with Crippen LogP contribution in [0.15, 0.2) is 24.3 Å². The molecule has 0 aromatic heterocycles. The van der Waals surface area contributed by atoms with Crippen LogP contribution in [0.25, 0.3) is 0 Å². The molecule has 1 amide bonds. The molecule has 0 radical (unpaired) electrons. The predicted octanol–water partition coefficient (Wildman–Crippen LogP) is 2.05. The number of benzene rings is 1. The van der Waals surface area contributed by atoms with Crippen molar-refractivity contribution in [3.05, 3.63) is 34.9 Å². The molecule has 21 heavy (non-hydrogen) atoms. The van der Waals surface area contributed by atoms with Gasteiger partial charge in [-0.05, 0) is 61.9 Å². The third-order valence-electron chi connectivity index (χ3n) is 4.14. The number of carbonyl (C=O) groups excluding carboxylic acids is 1. The largest absolute Gasteiger partial charge is 0.393 e. The van der Waals surface area contributed by atoms with Gasteiger partial charge in [-0.1, -0.05) is 23.7 Å². The Bertz CT molecular complexity index is 475. The van der Waals surface area contributed by atoms with Crippen LogP contribution in [0.4, 0.5) is 0 Å². The van der Waals surface area contributed by atoms with Crippen molar-refractivity contribution in [2.45, 2.75) is 37.7 Å². The molecule has 1 aliphatic rings. The lowest BCUT2D eigenvalue weighted by Gasteiger charge is -2.32. The Hall–Kier alpha value is -1.10. The van der Waals surface area contributed by atoms with Crippen molar-refractivity contribution in [2.75, 3.05) is 13.1 Å². The van der Waals surface area contributed by atoms with Crippen molar-refractivity contribution < 1.29 is 9.90 Å². The van der Waals surface area contributed by atoms with Crippen molar-refractivity contribution >= 4 is 17.5 Å². The Morgan fingerprint density at radius 3 is 2.95 bits per heavy atom. The first-order chi connectivity index (χ1) is 10.1. The second-order valence-electron chi connectivity index (χ2n) is 5.83. The highest BCUT2D eigenvalue weighted by Crippen LogP contribution is 2.34. The molecule has 1 aliphatic heterocycles. The molecule has 0 bridgehead atoms. The highest BCUT2D eigenvalue weighted by atomic mass is 35.5. The van der Waals surface area contributed by atoms with Crippen LogP contribution < -0.4 is 11.1 Å². The van der Waals surface area contributed by atoms with E-state index in [0.717, 1.165) is 31.5 Å². The van der Waals surface area contributed by atoms with E-state index < -0.39 is 12.0 Å². The van der Waals surface area contributed by atoms with Crippen molar-refractivity contribution in [1.29, 1.82) is 0 Å². The van der Waals surface area contributed by atoms with Crippen LogP contribution in [-0.4, -0.2) is 30.2 Å². The van der Waals surface area contributed by atoms with Crippen molar-refractivity contribution in [3.63, 3.8) is 0 Å². The molecule has 4 nitrogen and oxygen atoms in total. The fourth-order valence-electron chi connectivity index (χ4n) is 3.17. The lowest BCUT2D eigenvalue weighted by molar-refractivity contribution is -0.120. The van der Waals surface area contributed by atoms with Gasteiger partial charge in [0.1, 0.15) is 0 Å². The normalized spacial score (nSPS) is 21.7. The number of halogens is 1. The topological polar surface area (TPSA) is 75.4 Å². The molecule has 3 atom stereocenters. The SMILES string of the molecule is NC(=O)CC(O)CC(c1cccc(Cl)c1)[C@H]1CCCNC1. The Morgan fingerprint density at radius 1 is 1.52 bits per heavy atom. The third kappa shape index (κ3) is 4.99. The van der Waals surface area contributed by atoms with Gasteiger partial charge >= 0.3 is 0 Å². The quantitative estimate of drug-likeness (QED) is 0.753. The number of amides is 1. The van der Waals surface area contributed by atoms with Gasteiger partial charge in [0.15, 0.2) is 0 Å². The predicted molar refractivity (Wildman–Crippen MR) is 84.2 cm³/mol. The number of carbonyl (C=O) groups is 1. The van der Waals surface area contributed by atoms with Crippen LogP contribution in [0.5, 0.6) is 0 Å². The number of aliphatic hydroxyl groups excluding tert-OH is 1. The molecular formula is C16H23ClN2O2. The van der Waals surface area contributed by atoms with Crippen molar-refractivity contribution in [2.24, 2.45) is 11.7 Å². The summed E-state index contributed by atoms with van der Waals surface area (Å²) in [5, 5.41) is 14.2. The number of nitrogens with one attached hydrogen (secondary N) is 1. The molecule has 1 fully saturated rings. The number of nitrogens with two attached hydrogens (primary N) is 1. The summed E-state index contributed by atoms with van der Waals surface area (Å²) >= 11 is 6.10. The van der Waals surface area contributed by atoms with Crippen LogP contribution in [0.2, 0.25) is 5.02 Å². The molecule has 4 N–H and O–H groups in total. The summed E-state index contributed by atoms with van der Waals surface area (Å²) in [6.45, 7) is 1.98. The first kappa shape index (κ1) is 16.3. The highest BCUT2D eigenvalue weighted by Gasteiger charge is 2.27. The number of aliphatic hydroxyl groups is 1. The van der Waals surface area contributed by atoms with E-state index in [2.05, 4.69) is 5.32 Å². The minimum absolute atomic E-state index is 0.0111. The Morgan fingerprint density at radius 2 is 2.33 bits per heavy atom. The first-order valence-corrected chi connectivity index (χ1v) is 7.86. The Kier molecular flexibility index (Phi) is 6.03. The van der Waals surface area contributed by atoms with Gasteiger partial charge in [0.2, 0.25) is 5.91 Å². The van der Waals surface area contributed by atoms with Gasteiger partial charge in [-0.3, -0.25) is 4.79 Å². The summed E-state index contributed by atoms with van der Waals surface area (Å²) in [6, 6.07) is 7.78. The van der Waals surface area contributed by atoms with Crippen molar-refractivity contribution in [1.82, 2.24) is 5.32 Å². The van der Waals surface area contributed by atoms with Gasteiger partial charge in [0.05, 0.1) is 12.5 Å². The summed E-state index contributed by atoms with van der Waals surface area (Å²) in [6.07, 6.45) is 2.10. The Balaban J connectivity index is 2.15. The van der Waals surface area contributed by atoms with E-state index in [1.54, 1.807) is 0 Å². The maximum absolute atomic E-state index is 11.0. The molecule has 1 aromatic rings. The zero-order valence-corrected chi connectivity index (χ0v) is 12.9. The number of primary amides is 1. The third-order valence-corrected chi connectivity index (χ3v) is 4.38. The number of piperidine rings is 1. The molecular weight excluding hydrogens is 288 g/mol. The van der Waals surface area contributed by atoms with Crippen LogP contribution in [0, 0.1) is 5.92 Å². The maximum atomic E-state index is 11.0. The molecule has 1 heterocycles. The fraction of sp³-hybridized carbons (Fsp3) is 0.562. The standard InChI is InChI=1S/C16H23ClN2O2/c17-13-5-1-3-11(7-13)15(8-14(20)9-16(18)21)12-4-2-6-19-10-12/h1,3,5,7,12,14-15,19-20H,2,4,6,8-10H2,(H2,18,21)/t12-,14?,15?/m0/s1. The molecule has 116 valence electrons. The Labute approximate surface area is 130 Å². The minimum Gasteiger partial charge on any atom is -0.393 e. The molecule has 2 unspecified atom stereocenters.